The van der Waals surface area contributed by atoms with Gasteiger partial charge in [0.15, 0.2) is 0 Å². The van der Waals surface area contributed by atoms with E-state index in [1.54, 1.807) is 0 Å². The van der Waals surface area contributed by atoms with Crippen molar-refractivity contribution in [2.75, 3.05) is 13.2 Å². The quantitative estimate of drug-likeness (QED) is 0.767. The highest BCUT2D eigenvalue weighted by Crippen LogP contribution is 2.13. The number of rotatable bonds is 7. The zero-order valence-corrected chi connectivity index (χ0v) is 12.8. The first-order chi connectivity index (χ1) is 8.87. The SMILES string of the molecule is CC(C)NCc1ccc(OCCOC(C)(C)C)cc1. The van der Waals surface area contributed by atoms with E-state index in [1.165, 1.54) is 5.56 Å². The lowest BCUT2D eigenvalue weighted by atomic mass is 10.2. The van der Waals surface area contributed by atoms with E-state index in [9.17, 15) is 0 Å². The van der Waals surface area contributed by atoms with E-state index in [0.717, 1.165) is 12.3 Å². The minimum atomic E-state index is -0.101. The highest BCUT2D eigenvalue weighted by Gasteiger charge is 2.09. The molecule has 1 rings (SSSR count). The predicted molar refractivity (Wildman–Crippen MR) is 79.6 cm³/mol. The van der Waals surface area contributed by atoms with Crippen LogP contribution in [-0.4, -0.2) is 24.9 Å². The average molecular weight is 265 g/mol. The van der Waals surface area contributed by atoms with Crippen molar-refractivity contribution in [2.45, 2.75) is 52.8 Å². The molecule has 0 aromatic heterocycles. The lowest BCUT2D eigenvalue weighted by Gasteiger charge is -2.19. The summed E-state index contributed by atoms with van der Waals surface area (Å²) in [4.78, 5) is 0. The van der Waals surface area contributed by atoms with Crippen LogP contribution in [0.25, 0.3) is 0 Å². The van der Waals surface area contributed by atoms with Crippen LogP contribution in [0.15, 0.2) is 24.3 Å². The lowest BCUT2D eigenvalue weighted by molar-refractivity contribution is -0.0163. The van der Waals surface area contributed by atoms with E-state index in [-0.39, 0.29) is 5.60 Å². The molecule has 0 atom stereocenters. The van der Waals surface area contributed by atoms with E-state index in [1.807, 2.05) is 32.9 Å². The Labute approximate surface area is 117 Å². The largest absolute Gasteiger partial charge is 0.491 e. The predicted octanol–water partition coefficient (Wildman–Crippen LogP) is 3.38. The van der Waals surface area contributed by atoms with Crippen molar-refractivity contribution in [3.05, 3.63) is 29.8 Å². The lowest BCUT2D eigenvalue weighted by Crippen LogP contribution is -2.22. The molecule has 0 saturated heterocycles. The Morgan fingerprint density at radius 1 is 1.05 bits per heavy atom. The summed E-state index contributed by atoms with van der Waals surface area (Å²) in [5, 5.41) is 3.39. The molecule has 0 bridgehead atoms. The molecule has 0 aliphatic carbocycles. The van der Waals surface area contributed by atoms with Crippen molar-refractivity contribution in [2.24, 2.45) is 0 Å². The van der Waals surface area contributed by atoms with Crippen molar-refractivity contribution in [1.82, 2.24) is 5.32 Å². The first-order valence-corrected chi connectivity index (χ1v) is 6.96. The maximum atomic E-state index is 5.64. The monoisotopic (exact) mass is 265 g/mol. The third-order valence-corrected chi connectivity index (χ3v) is 2.52. The summed E-state index contributed by atoms with van der Waals surface area (Å²) in [6.45, 7) is 12.5. The molecule has 0 aliphatic heterocycles. The van der Waals surface area contributed by atoms with Crippen molar-refractivity contribution in [3.63, 3.8) is 0 Å². The Morgan fingerprint density at radius 2 is 1.68 bits per heavy atom. The van der Waals surface area contributed by atoms with Crippen LogP contribution in [-0.2, 0) is 11.3 Å². The molecule has 0 radical (unpaired) electrons. The van der Waals surface area contributed by atoms with Gasteiger partial charge in [0, 0.05) is 12.6 Å². The van der Waals surface area contributed by atoms with Gasteiger partial charge in [-0.15, -0.1) is 0 Å². The molecule has 1 aromatic carbocycles. The second-order valence-corrected chi connectivity index (χ2v) is 5.99. The second-order valence-electron chi connectivity index (χ2n) is 5.99. The summed E-state index contributed by atoms with van der Waals surface area (Å²) in [5.74, 6) is 0.894. The molecule has 3 heteroatoms. The summed E-state index contributed by atoms with van der Waals surface area (Å²) in [6, 6.07) is 8.71. The van der Waals surface area contributed by atoms with E-state index in [2.05, 4.69) is 31.3 Å². The smallest absolute Gasteiger partial charge is 0.119 e. The van der Waals surface area contributed by atoms with E-state index < -0.39 is 0 Å². The molecule has 0 spiro atoms. The Bertz CT molecular complexity index is 352. The van der Waals surface area contributed by atoms with Gasteiger partial charge in [-0.05, 0) is 38.5 Å². The van der Waals surface area contributed by atoms with E-state index in [4.69, 9.17) is 9.47 Å². The molecule has 1 N–H and O–H groups in total. The van der Waals surface area contributed by atoms with Gasteiger partial charge in [-0.2, -0.15) is 0 Å². The molecule has 0 unspecified atom stereocenters. The number of hydrogen-bond donors (Lipinski definition) is 1. The topological polar surface area (TPSA) is 30.5 Å². The molecule has 19 heavy (non-hydrogen) atoms. The van der Waals surface area contributed by atoms with Crippen molar-refractivity contribution in [3.8, 4) is 5.75 Å². The molecular weight excluding hydrogens is 238 g/mol. The number of nitrogens with one attached hydrogen (secondary N) is 1. The summed E-state index contributed by atoms with van der Waals surface area (Å²) < 4.78 is 11.2. The van der Waals surface area contributed by atoms with Gasteiger partial charge in [0.25, 0.3) is 0 Å². The minimum Gasteiger partial charge on any atom is -0.491 e. The summed E-state index contributed by atoms with van der Waals surface area (Å²) in [6.07, 6.45) is 0. The molecule has 0 amide bonds. The fourth-order valence-electron chi connectivity index (χ4n) is 1.53. The molecule has 0 fully saturated rings. The highest BCUT2D eigenvalue weighted by molar-refractivity contribution is 5.27. The van der Waals surface area contributed by atoms with E-state index >= 15 is 0 Å². The van der Waals surface area contributed by atoms with Crippen molar-refractivity contribution in [1.29, 1.82) is 0 Å². The first kappa shape index (κ1) is 16.0. The standard InChI is InChI=1S/C16H27NO2/c1-13(2)17-12-14-6-8-15(9-7-14)18-10-11-19-16(3,4)5/h6-9,13,17H,10-12H2,1-5H3. The number of hydrogen-bond acceptors (Lipinski definition) is 3. The third-order valence-electron chi connectivity index (χ3n) is 2.52. The van der Waals surface area contributed by atoms with Crippen LogP contribution in [0.5, 0.6) is 5.75 Å². The molecule has 108 valence electrons. The Kier molecular flexibility index (Phi) is 6.32. The zero-order chi connectivity index (χ0) is 14.3. The number of benzene rings is 1. The minimum absolute atomic E-state index is 0.101. The van der Waals surface area contributed by atoms with Gasteiger partial charge in [-0.1, -0.05) is 26.0 Å². The third kappa shape index (κ3) is 7.85. The Hall–Kier alpha value is -1.06. The van der Waals surface area contributed by atoms with Gasteiger partial charge in [-0.3, -0.25) is 0 Å². The Morgan fingerprint density at radius 3 is 2.21 bits per heavy atom. The van der Waals surface area contributed by atoms with Crippen LogP contribution < -0.4 is 10.1 Å². The van der Waals surface area contributed by atoms with Gasteiger partial charge in [0.2, 0.25) is 0 Å². The van der Waals surface area contributed by atoms with Gasteiger partial charge >= 0.3 is 0 Å². The fourth-order valence-corrected chi connectivity index (χ4v) is 1.53. The summed E-state index contributed by atoms with van der Waals surface area (Å²) in [7, 11) is 0. The Balaban J connectivity index is 2.28. The van der Waals surface area contributed by atoms with E-state index in [0.29, 0.717) is 19.3 Å². The zero-order valence-electron chi connectivity index (χ0n) is 12.8. The van der Waals surface area contributed by atoms with Crippen LogP contribution in [0.1, 0.15) is 40.2 Å². The number of ether oxygens (including phenoxy) is 2. The molecular formula is C16H27NO2. The molecule has 0 aliphatic rings. The van der Waals surface area contributed by atoms with Gasteiger partial charge in [-0.25, -0.2) is 0 Å². The van der Waals surface area contributed by atoms with Crippen LogP contribution in [0.4, 0.5) is 0 Å². The van der Waals surface area contributed by atoms with Gasteiger partial charge in [0.05, 0.1) is 12.2 Å². The second kappa shape index (κ2) is 7.51. The van der Waals surface area contributed by atoms with Gasteiger partial charge < -0.3 is 14.8 Å². The van der Waals surface area contributed by atoms with Gasteiger partial charge in [0.1, 0.15) is 12.4 Å². The summed E-state index contributed by atoms with van der Waals surface area (Å²) >= 11 is 0. The average Bonchev–Trinajstić information content (AvgIpc) is 2.32. The van der Waals surface area contributed by atoms with Crippen LogP contribution in [0, 0.1) is 0 Å². The van der Waals surface area contributed by atoms with Crippen LogP contribution >= 0.6 is 0 Å². The maximum Gasteiger partial charge on any atom is 0.119 e. The first-order valence-electron chi connectivity index (χ1n) is 6.96. The highest BCUT2D eigenvalue weighted by atomic mass is 16.5. The summed E-state index contributed by atoms with van der Waals surface area (Å²) in [5.41, 5.74) is 1.17. The normalized spacial score (nSPS) is 11.9. The molecule has 0 saturated carbocycles. The van der Waals surface area contributed by atoms with Crippen molar-refractivity contribution >= 4 is 0 Å². The molecule has 1 aromatic rings. The van der Waals surface area contributed by atoms with Crippen LogP contribution in [0.2, 0.25) is 0 Å². The molecule has 0 heterocycles. The van der Waals surface area contributed by atoms with Crippen molar-refractivity contribution < 1.29 is 9.47 Å². The fraction of sp³-hybridized carbons (Fsp3) is 0.625. The molecule has 3 nitrogen and oxygen atoms in total. The van der Waals surface area contributed by atoms with Crippen LogP contribution in [0.3, 0.4) is 0 Å². The maximum absolute atomic E-state index is 5.64.